The molecule has 0 amide bonds. The van der Waals surface area contributed by atoms with Crippen LogP contribution in [0.2, 0.25) is 0 Å². The Balaban J connectivity index is 2.10. The molecule has 0 aromatic heterocycles. The molecule has 2 N–H and O–H groups in total. The zero-order valence-electron chi connectivity index (χ0n) is 10.1. The molecule has 0 fully saturated rings. The van der Waals surface area contributed by atoms with E-state index in [1.807, 2.05) is 12.1 Å². The van der Waals surface area contributed by atoms with E-state index in [1.54, 1.807) is 12.1 Å². The molecule has 0 saturated carbocycles. The highest BCUT2D eigenvalue weighted by Gasteiger charge is 2.18. The van der Waals surface area contributed by atoms with E-state index in [0.717, 1.165) is 27.3 Å². The van der Waals surface area contributed by atoms with Crippen molar-refractivity contribution in [3.05, 3.63) is 47.0 Å². The molecule has 3 rings (SSSR count). The average Bonchev–Trinajstić information content (AvgIpc) is 2.56. The van der Waals surface area contributed by atoms with E-state index in [0.29, 0.717) is 12.0 Å². The molecule has 0 unspecified atom stereocenters. The number of rotatable bonds is 0. The Morgan fingerprint density at radius 1 is 1.05 bits per heavy atom. The third-order valence-corrected chi connectivity index (χ3v) is 4.43. The highest BCUT2D eigenvalue weighted by molar-refractivity contribution is 7.99. The fourth-order valence-corrected chi connectivity index (χ4v) is 3.46. The molecule has 0 spiro atoms. The van der Waals surface area contributed by atoms with Crippen molar-refractivity contribution in [3.63, 3.8) is 0 Å². The fraction of sp³-hybridized carbons (Fsp3) is 0.133. The van der Waals surface area contributed by atoms with Crippen LogP contribution in [0, 0.1) is 11.3 Å². The highest BCUT2D eigenvalue weighted by atomic mass is 32.2. The number of fused-ring (bicyclic) bond motifs is 2. The Morgan fingerprint density at radius 2 is 1.89 bits per heavy atom. The number of nitriles is 1. The topological polar surface area (TPSA) is 64.2 Å². The summed E-state index contributed by atoms with van der Waals surface area (Å²) in [6.45, 7) is 0. The van der Waals surface area contributed by atoms with E-state index in [2.05, 4.69) is 6.07 Å². The smallest absolute Gasteiger partial charge is 0.123 e. The van der Waals surface area contributed by atoms with E-state index in [9.17, 15) is 10.2 Å². The molecule has 2 aromatic carbocycles. The van der Waals surface area contributed by atoms with E-state index in [-0.39, 0.29) is 11.5 Å². The largest absolute Gasteiger partial charge is 0.508 e. The molecule has 4 heteroatoms. The lowest BCUT2D eigenvalue weighted by Crippen LogP contribution is -1.92. The molecule has 19 heavy (non-hydrogen) atoms. The third-order valence-electron chi connectivity index (χ3n) is 3.22. The fourth-order valence-electron chi connectivity index (χ4n) is 2.28. The van der Waals surface area contributed by atoms with E-state index < -0.39 is 0 Å². The lowest BCUT2D eigenvalue weighted by atomic mass is 10.0. The molecule has 2 aromatic rings. The van der Waals surface area contributed by atoms with Crippen molar-refractivity contribution >= 4 is 11.8 Å². The molecule has 1 aliphatic heterocycles. The molecule has 1 aliphatic rings. The van der Waals surface area contributed by atoms with Crippen molar-refractivity contribution in [1.82, 2.24) is 0 Å². The maximum absolute atomic E-state index is 9.92. The van der Waals surface area contributed by atoms with Crippen molar-refractivity contribution in [1.29, 1.82) is 5.26 Å². The predicted molar refractivity (Wildman–Crippen MR) is 72.5 cm³/mol. The van der Waals surface area contributed by atoms with Gasteiger partial charge < -0.3 is 10.2 Å². The maximum atomic E-state index is 9.92. The molecule has 0 bridgehead atoms. The second-order valence-electron chi connectivity index (χ2n) is 4.48. The van der Waals surface area contributed by atoms with Gasteiger partial charge in [-0.1, -0.05) is 11.8 Å². The number of aryl methyl sites for hydroxylation is 1. The number of nitrogens with zero attached hydrogens (tertiary/aromatic N) is 1. The summed E-state index contributed by atoms with van der Waals surface area (Å²) >= 11 is 1.52. The van der Waals surface area contributed by atoms with Gasteiger partial charge in [0.15, 0.2) is 0 Å². The van der Waals surface area contributed by atoms with Gasteiger partial charge in [-0.2, -0.15) is 5.26 Å². The Kier molecular flexibility index (Phi) is 2.84. The molecule has 0 aliphatic carbocycles. The van der Waals surface area contributed by atoms with Gasteiger partial charge in [-0.3, -0.25) is 0 Å². The summed E-state index contributed by atoms with van der Waals surface area (Å²) in [5.41, 5.74) is 2.62. The number of phenolic OH excluding ortho intramolecular Hbond substituents is 2. The lowest BCUT2D eigenvalue weighted by molar-refractivity contribution is 0.442. The summed E-state index contributed by atoms with van der Waals surface area (Å²) in [7, 11) is 0. The molecule has 0 radical (unpaired) electrons. The van der Waals surface area contributed by atoms with Gasteiger partial charge in [-0.15, -0.1) is 0 Å². The van der Waals surface area contributed by atoms with Crippen LogP contribution < -0.4 is 0 Å². The minimum absolute atomic E-state index is 0.0702. The second-order valence-corrected chi connectivity index (χ2v) is 5.56. The van der Waals surface area contributed by atoms with E-state index >= 15 is 0 Å². The standard InChI is InChI=1S/C15H11NO2S/c16-8-9-1-4-14-10(5-9)2-3-12-13(18)6-11(17)7-15(12)19-14/h1,4-7,17-18H,2-3H2. The van der Waals surface area contributed by atoms with E-state index in [1.165, 1.54) is 17.8 Å². The van der Waals surface area contributed by atoms with Crippen molar-refractivity contribution in [3.8, 4) is 17.6 Å². The third kappa shape index (κ3) is 2.13. The Hall–Kier alpha value is -2.12. The zero-order chi connectivity index (χ0) is 13.4. The van der Waals surface area contributed by atoms with Gasteiger partial charge in [-0.05, 0) is 42.7 Å². The van der Waals surface area contributed by atoms with Crippen molar-refractivity contribution in [2.75, 3.05) is 0 Å². The summed E-state index contributed by atoms with van der Waals surface area (Å²) in [5, 5.41) is 28.4. The van der Waals surface area contributed by atoms with Gasteiger partial charge in [-0.25, -0.2) is 0 Å². The normalized spacial score (nSPS) is 13.0. The Bertz CT molecular complexity index is 704. The molecule has 94 valence electrons. The summed E-state index contributed by atoms with van der Waals surface area (Å²) < 4.78 is 0. The number of hydrogen-bond donors (Lipinski definition) is 2. The zero-order valence-corrected chi connectivity index (χ0v) is 10.9. The molecule has 3 nitrogen and oxygen atoms in total. The number of benzene rings is 2. The molecule has 0 saturated heterocycles. The quantitative estimate of drug-likeness (QED) is 0.770. The minimum Gasteiger partial charge on any atom is -0.508 e. The summed E-state index contributed by atoms with van der Waals surface area (Å²) in [4.78, 5) is 1.95. The van der Waals surface area contributed by atoms with Crippen LogP contribution in [0.3, 0.4) is 0 Å². The van der Waals surface area contributed by atoms with Crippen LogP contribution >= 0.6 is 11.8 Å². The second kappa shape index (κ2) is 4.52. The van der Waals surface area contributed by atoms with Gasteiger partial charge in [0, 0.05) is 21.4 Å². The molecular weight excluding hydrogens is 258 g/mol. The Labute approximate surface area is 115 Å². The highest BCUT2D eigenvalue weighted by Crippen LogP contribution is 2.42. The van der Waals surface area contributed by atoms with Crippen LogP contribution in [-0.4, -0.2) is 10.2 Å². The van der Waals surface area contributed by atoms with Gasteiger partial charge in [0.25, 0.3) is 0 Å². The van der Waals surface area contributed by atoms with Crippen LogP contribution in [0.5, 0.6) is 11.5 Å². The van der Waals surface area contributed by atoms with Crippen LogP contribution in [0.4, 0.5) is 0 Å². The lowest BCUT2D eigenvalue weighted by Gasteiger charge is -2.08. The van der Waals surface area contributed by atoms with Crippen LogP contribution in [0.15, 0.2) is 40.1 Å². The first-order valence-corrected chi connectivity index (χ1v) is 6.75. The first kappa shape index (κ1) is 11.9. The van der Waals surface area contributed by atoms with Crippen molar-refractivity contribution in [2.45, 2.75) is 22.6 Å². The number of aromatic hydroxyl groups is 2. The van der Waals surface area contributed by atoms with Gasteiger partial charge in [0.05, 0.1) is 11.6 Å². The molecule has 0 atom stereocenters. The summed E-state index contributed by atoms with van der Waals surface area (Å²) in [5.74, 6) is 0.205. The number of hydrogen-bond acceptors (Lipinski definition) is 4. The van der Waals surface area contributed by atoms with Gasteiger partial charge in [0.1, 0.15) is 11.5 Å². The number of phenols is 2. The minimum atomic E-state index is 0.0702. The first-order chi connectivity index (χ1) is 9.17. The van der Waals surface area contributed by atoms with Gasteiger partial charge >= 0.3 is 0 Å². The van der Waals surface area contributed by atoms with Crippen LogP contribution in [0.25, 0.3) is 0 Å². The molecule has 1 heterocycles. The summed E-state index contributed by atoms with van der Waals surface area (Å²) in [6.07, 6.45) is 1.49. The van der Waals surface area contributed by atoms with Crippen LogP contribution in [0.1, 0.15) is 16.7 Å². The Morgan fingerprint density at radius 3 is 2.68 bits per heavy atom. The summed E-state index contributed by atoms with van der Waals surface area (Å²) in [6, 6.07) is 10.8. The predicted octanol–water partition coefficient (Wildman–Crippen LogP) is 3.22. The van der Waals surface area contributed by atoms with Crippen molar-refractivity contribution in [2.24, 2.45) is 0 Å². The van der Waals surface area contributed by atoms with E-state index in [4.69, 9.17) is 5.26 Å². The molecular formula is C15H11NO2S. The van der Waals surface area contributed by atoms with Crippen molar-refractivity contribution < 1.29 is 10.2 Å². The average molecular weight is 269 g/mol. The van der Waals surface area contributed by atoms with Crippen LogP contribution in [-0.2, 0) is 12.8 Å². The maximum Gasteiger partial charge on any atom is 0.123 e. The monoisotopic (exact) mass is 269 g/mol. The first-order valence-electron chi connectivity index (χ1n) is 5.93. The van der Waals surface area contributed by atoms with Gasteiger partial charge in [0.2, 0.25) is 0 Å². The SMILES string of the molecule is N#Cc1ccc2c(c1)CCc1c(O)cc(O)cc1S2.